The summed E-state index contributed by atoms with van der Waals surface area (Å²) in [4.78, 5) is 28.1. The van der Waals surface area contributed by atoms with Gasteiger partial charge in [-0.15, -0.1) is 0 Å². The van der Waals surface area contributed by atoms with Crippen LogP contribution in [0.1, 0.15) is 6.92 Å². The summed E-state index contributed by atoms with van der Waals surface area (Å²) in [6.07, 6.45) is 1.54. The molecule has 0 bridgehead atoms. The number of nitrogens with two attached hydrogens (primary N) is 1. The summed E-state index contributed by atoms with van der Waals surface area (Å²) in [6, 6.07) is 0. The van der Waals surface area contributed by atoms with Crippen LogP contribution < -0.4 is 17.0 Å². The molecule has 2 aromatic heterocycles. The predicted octanol–water partition coefficient (Wildman–Crippen LogP) is -1.12. The molecule has 2 heterocycles. The molecule has 0 spiro atoms. The van der Waals surface area contributed by atoms with Gasteiger partial charge in [0.1, 0.15) is 0 Å². The second-order valence-electron chi connectivity index (χ2n) is 3.79. The Kier molecular flexibility index (Phi) is 2.84. The Morgan fingerprint density at radius 1 is 1.41 bits per heavy atom. The SMILES string of the molecule is CCn1c(=O)c2c(ncn2CCN)n(C)c1=O. The van der Waals surface area contributed by atoms with Crippen molar-refractivity contribution in [2.75, 3.05) is 6.54 Å². The zero-order chi connectivity index (χ0) is 12.6. The first-order valence-corrected chi connectivity index (χ1v) is 5.46. The largest absolute Gasteiger partial charge is 0.332 e. The minimum atomic E-state index is -0.344. The highest BCUT2D eigenvalue weighted by Crippen LogP contribution is 2.04. The van der Waals surface area contributed by atoms with Crippen molar-refractivity contribution in [1.82, 2.24) is 18.7 Å². The quantitative estimate of drug-likeness (QED) is 0.732. The lowest BCUT2D eigenvalue weighted by atomic mass is 10.4. The molecule has 0 unspecified atom stereocenters. The Morgan fingerprint density at radius 2 is 2.12 bits per heavy atom. The predicted molar refractivity (Wildman–Crippen MR) is 64.0 cm³/mol. The standard InChI is InChI=1S/C10H15N5O2/c1-3-15-9(16)7-8(13(2)10(15)17)12-6-14(7)5-4-11/h6H,3-5,11H2,1-2H3. The normalized spacial score (nSPS) is 11.2. The van der Waals surface area contributed by atoms with Crippen LogP contribution >= 0.6 is 0 Å². The van der Waals surface area contributed by atoms with Crippen LogP contribution in [0.25, 0.3) is 11.2 Å². The van der Waals surface area contributed by atoms with E-state index in [1.54, 1.807) is 24.9 Å². The molecule has 0 amide bonds. The van der Waals surface area contributed by atoms with Crippen LogP contribution in [0.4, 0.5) is 0 Å². The van der Waals surface area contributed by atoms with Gasteiger partial charge in [0, 0.05) is 26.7 Å². The van der Waals surface area contributed by atoms with Crippen molar-refractivity contribution in [1.29, 1.82) is 0 Å². The summed E-state index contributed by atoms with van der Waals surface area (Å²) >= 11 is 0. The van der Waals surface area contributed by atoms with Gasteiger partial charge in [-0.05, 0) is 6.92 Å². The molecule has 2 rings (SSSR count). The summed E-state index contributed by atoms with van der Waals surface area (Å²) in [6.45, 7) is 3.03. The highest BCUT2D eigenvalue weighted by molar-refractivity contribution is 5.69. The highest BCUT2D eigenvalue weighted by Gasteiger charge is 2.14. The van der Waals surface area contributed by atoms with Crippen LogP contribution in [0, 0.1) is 0 Å². The number of nitrogens with zero attached hydrogens (tertiary/aromatic N) is 4. The van der Waals surface area contributed by atoms with Gasteiger partial charge in [-0.1, -0.05) is 0 Å². The highest BCUT2D eigenvalue weighted by atomic mass is 16.2. The zero-order valence-corrected chi connectivity index (χ0v) is 9.88. The van der Waals surface area contributed by atoms with Gasteiger partial charge in [-0.2, -0.15) is 0 Å². The van der Waals surface area contributed by atoms with E-state index in [0.29, 0.717) is 30.8 Å². The summed E-state index contributed by atoms with van der Waals surface area (Å²) in [5.74, 6) is 0. The molecule has 0 radical (unpaired) electrons. The molecule has 0 aromatic carbocycles. The van der Waals surface area contributed by atoms with Crippen molar-refractivity contribution >= 4 is 11.2 Å². The maximum absolute atomic E-state index is 12.1. The van der Waals surface area contributed by atoms with E-state index in [9.17, 15) is 9.59 Å². The molecule has 17 heavy (non-hydrogen) atoms. The number of imidazole rings is 1. The van der Waals surface area contributed by atoms with Gasteiger partial charge in [-0.25, -0.2) is 9.78 Å². The molecule has 0 aliphatic carbocycles. The van der Waals surface area contributed by atoms with E-state index in [-0.39, 0.29) is 11.2 Å². The number of hydrogen-bond donors (Lipinski definition) is 1. The molecule has 7 nitrogen and oxygen atoms in total. The summed E-state index contributed by atoms with van der Waals surface area (Å²) < 4.78 is 4.26. The average molecular weight is 237 g/mol. The fourth-order valence-electron chi connectivity index (χ4n) is 1.91. The van der Waals surface area contributed by atoms with Crippen LogP contribution in [0.5, 0.6) is 0 Å². The lowest BCUT2D eigenvalue weighted by Gasteiger charge is -2.07. The Bertz CT molecular complexity index is 664. The van der Waals surface area contributed by atoms with Crippen molar-refractivity contribution in [2.45, 2.75) is 20.0 Å². The Hall–Kier alpha value is -1.89. The monoisotopic (exact) mass is 237 g/mol. The molecule has 7 heteroatoms. The Morgan fingerprint density at radius 3 is 2.71 bits per heavy atom. The van der Waals surface area contributed by atoms with Crippen molar-refractivity contribution in [2.24, 2.45) is 12.8 Å². The molecule has 2 aromatic rings. The summed E-state index contributed by atoms with van der Waals surface area (Å²) in [7, 11) is 1.61. The third-order valence-corrected chi connectivity index (χ3v) is 2.79. The molecule has 0 saturated carbocycles. The minimum Gasteiger partial charge on any atom is -0.329 e. The van der Waals surface area contributed by atoms with E-state index in [1.165, 1.54) is 9.13 Å². The van der Waals surface area contributed by atoms with Crippen molar-refractivity contribution in [3.8, 4) is 0 Å². The second-order valence-corrected chi connectivity index (χ2v) is 3.79. The molecular weight excluding hydrogens is 222 g/mol. The molecule has 0 saturated heterocycles. The maximum atomic E-state index is 12.1. The summed E-state index contributed by atoms with van der Waals surface area (Å²) in [5, 5.41) is 0. The third-order valence-electron chi connectivity index (χ3n) is 2.79. The van der Waals surface area contributed by atoms with Gasteiger partial charge >= 0.3 is 5.69 Å². The smallest absolute Gasteiger partial charge is 0.329 e. The van der Waals surface area contributed by atoms with Gasteiger partial charge < -0.3 is 10.3 Å². The number of fused-ring (bicyclic) bond motifs is 1. The fourth-order valence-corrected chi connectivity index (χ4v) is 1.91. The summed E-state index contributed by atoms with van der Waals surface area (Å²) in [5.41, 5.74) is 5.65. The maximum Gasteiger partial charge on any atom is 0.332 e. The number of rotatable bonds is 3. The first-order chi connectivity index (χ1) is 8.11. The number of hydrogen-bond acceptors (Lipinski definition) is 4. The van der Waals surface area contributed by atoms with Gasteiger partial charge in [0.2, 0.25) is 0 Å². The van der Waals surface area contributed by atoms with Gasteiger partial charge in [0.05, 0.1) is 6.33 Å². The van der Waals surface area contributed by atoms with Gasteiger partial charge in [-0.3, -0.25) is 13.9 Å². The first-order valence-electron chi connectivity index (χ1n) is 5.46. The lowest BCUT2D eigenvalue weighted by Crippen LogP contribution is -2.39. The van der Waals surface area contributed by atoms with Gasteiger partial charge in [0.25, 0.3) is 5.56 Å². The Balaban J connectivity index is 2.92. The van der Waals surface area contributed by atoms with Crippen LogP contribution in [0.15, 0.2) is 15.9 Å². The van der Waals surface area contributed by atoms with E-state index in [2.05, 4.69) is 4.98 Å². The molecule has 2 N–H and O–H groups in total. The number of aromatic nitrogens is 4. The Labute approximate surface area is 97.1 Å². The zero-order valence-electron chi connectivity index (χ0n) is 9.88. The second kappa shape index (κ2) is 4.17. The fraction of sp³-hybridized carbons (Fsp3) is 0.500. The van der Waals surface area contributed by atoms with Crippen LogP contribution in [0.3, 0.4) is 0 Å². The molecule has 0 aliphatic heterocycles. The molecule has 0 fully saturated rings. The van der Waals surface area contributed by atoms with Crippen molar-refractivity contribution in [3.05, 3.63) is 27.2 Å². The average Bonchev–Trinajstić information content (AvgIpc) is 2.72. The van der Waals surface area contributed by atoms with Gasteiger partial charge in [0.15, 0.2) is 11.2 Å². The van der Waals surface area contributed by atoms with E-state index < -0.39 is 0 Å². The van der Waals surface area contributed by atoms with Crippen LogP contribution in [0.2, 0.25) is 0 Å². The van der Waals surface area contributed by atoms with E-state index in [4.69, 9.17) is 5.73 Å². The van der Waals surface area contributed by atoms with Crippen molar-refractivity contribution in [3.63, 3.8) is 0 Å². The first kappa shape index (κ1) is 11.6. The van der Waals surface area contributed by atoms with E-state index in [0.717, 1.165) is 0 Å². The number of aryl methyl sites for hydroxylation is 1. The minimum absolute atomic E-state index is 0.309. The molecular formula is C10H15N5O2. The van der Waals surface area contributed by atoms with Crippen LogP contribution in [-0.4, -0.2) is 25.2 Å². The van der Waals surface area contributed by atoms with E-state index in [1.807, 2.05) is 0 Å². The van der Waals surface area contributed by atoms with Crippen molar-refractivity contribution < 1.29 is 0 Å². The molecule has 0 aliphatic rings. The molecule has 92 valence electrons. The topological polar surface area (TPSA) is 87.8 Å². The van der Waals surface area contributed by atoms with E-state index >= 15 is 0 Å². The van der Waals surface area contributed by atoms with Crippen LogP contribution in [-0.2, 0) is 20.1 Å². The lowest BCUT2D eigenvalue weighted by molar-refractivity contribution is 0.631. The molecule has 0 atom stereocenters. The third kappa shape index (κ3) is 1.59.